The molecule has 1 aromatic heterocycles. The first-order valence-electron chi connectivity index (χ1n) is 8.48. The summed E-state index contributed by atoms with van der Waals surface area (Å²) < 4.78 is 11.7. The fourth-order valence-electron chi connectivity index (χ4n) is 3.07. The number of carboxylic acids is 1. The molecule has 1 aliphatic heterocycles. The van der Waals surface area contributed by atoms with Gasteiger partial charge in [0.15, 0.2) is 0 Å². The first-order valence-corrected chi connectivity index (χ1v) is 8.86. The number of hydrogen-bond acceptors (Lipinski definition) is 5. The minimum atomic E-state index is -1.23. The number of carboxylic acid groups (broad SMARTS) is 1. The van der Waals surface area contributed by atoms with Crippen LogP contribution in [0.15, 0.2) is 41.3 Å². The number of halogens is 1. The van der Waals surface area contributed by atoms with E-state index in [1.54, 1.807) is 18.2 Å². The van der Waals surface area contributed by atoms with Crippen molar-refractivity contribution in [2.45, 2.75) is 6.42 Å². The lowest BCUT2D eigenvalue weighted by atomic mass is 10.0. The fraction of sp³-hybridized carbons (Fsp3) is 0.250. The van der Waals surface area contributed by atoms with Crippen LogP contribution in [-0.2, 0) is 9.53 Å². The maximum atomic E-state index is 12.7. The molecule has 1 aromatic carbocycles. The number of benzene rings is 1. The zero-order valence-corrected chi connectivity index (χ0v) is 15.8. The number of pyridine rings is 1. The Morgan fingerprint density at radius 2 is 2.21 bits per heavy atom. The van der Waals surface area contributed by atoms with Crippen LogP contribution in [0, 0.1) is 17.2 Å². The first-order chi connectivity index (χ1) is 13.4. The van der Waals surface area contributed by atoms with E-state index in [-0.39, 0.29) is 17.4 Å². The minimum absolute atomic E-state index is 0.0817. The summed E-state index contributed by atoms with van der Waals surface area (Å²) in [6.45, 7) is 0.964. The van der Waals surface area contributed by atoms with Crippen LogP contribution in [-0.4, -0.2) is 36.0 Å². The number of methoxy groups -OCH3 is 1. The molecule has 1 fully saturated rings. The first kappa shape index (κ1) is 19.7. The average Bonchev–Trinajstić information content (AvgIpc) is 3.19. The van der Waals surface area contributed by atoms with E-state index >= 15 is 0 Å². The van der Waals surface area contributed by atoms with Crippen molar-refractivity contribution in [2.75, 3.05) is 20.3 Å². The molecule has 0 amide bonds. The van der Waals surface area contributed by atoms with Gasteiger partial charge in [-0.15, -0.1) is 0 Å². The highest BCUT2D eigenvalue weighted by atomic mass is 35.5. The summed E-state index contributed by atoms with van der Waals surface area (Å²) in [5.41, 5.74) is 0.374. The number of hydrogen-bond donors (Lipinski definition) is 1. The van der Waals surface area contributed by atoms with Gasteiger partial charge in [-0.2, -0.15) is 5.26 Å². The fourth-order valence-corrected chi connectivity index (χ4v) is 3.25. The number of rotatable bonds is 5. The van der Waals surface area contributed by atoms with E-state index in [2.05, 4.69) is 6.07 Å². The molecule has 7 nitrogen and oxygen atoms in total. The summed E-state index contributed by atoms with van der Waals surface area (Å²) >= 11 is 6.05. The van der Waals surface area contributed by atoms with Crippen molar-refractivity contribution in [1.82, 2.24) is 4.57 Å². The molecule has 144 valence electrons. The monoisotopic (exact) mass is 400 g/mol. The molecule has 1 unspecified atom stereocenters. The van der Waals surface area contributed by atoms with Gasteiger partial charge in [0.05, 0.1) is 31.5 Å². The Bertz CT molecular complexity index is 1050. The van der Waals surface area contributed by atoms with Crippen LogP contribution < -0.4 is 10.3 Å². The normalized spacial score (nSPS) is 16.6. The molecule has 1 saturated heterocycles. The molecular weight excluding hydrogens is 384 g/mol. The number of aliphatic carboxylic acids is 1. The summed E-state index contributed by atoms with van der Waals surface area (Å²) in [5.74, 6) is -1.07. The Balaban J connectivity index is 2.17. The zero-order valence-electron chi connectivity index (χ0n) is 15.0. The quantitative estimate of drug-likeness (QED) is 0.774. The predicted octanol–water partition coefficient (Wildman–Crippen LogP) is 3.01. The molecule has 2 heterocycles. The Hall–Kier alpha value is -3.08. The molecule has 1 N–H and O–H groups in total. The summed E-state index contributed by atoms with van der Waals surface area (Å²) in [5, 5.41) is 19.4. The van der Waals surface area contributed by atoms with Gasteiger partial charge in [-0.05, 0) is 30.7 Å². The van der Waals surface area contributed by atoms with Crippen LogP contribution >= 0.6 is 11.6 Å². The lowest BCUT2D eigenvalue weighted by Crippen LogP contribution is -2.23. The minimum Gasteiger partial charge on any atom is -0.495 e. The van der Waals surface area contributed by atoms with Gasteiger partial charge in [0.1, 0.15) is 11.4 Å². The number of aromatic nitrogens is 1. The van der Waals surface area contributed by atoms with Crippen LogP contribution in [0.2, 0.25) is 5.02 Å². The zero-order chi connectivity index (χ0) is 20.3. The largest absolute Gasteiger partial charge is 0.495 e. The Labute approximate surface area is 166 Å². The van der Waals surface area contributed by atoms with Gasteiger partial charge in [0.2, 0.25) is 0 Å². The second-order valence-corrected chi connectivity index (χ2v) is 6.68. The lowest BCUT2D eigenvalue weighted by molar-refractivity contribution is -0.130. The second-order valence-electron chi connectivity index (χ2n) is 6.25. The molecule has 0 spiro atoms. The summed E-state index contributed by atoms with van der Waals surface area (Å²) in [6.07, 6.45) is 3.53. The van der Waals surface area contributed by atoms with Crippen molar-refractivity contribution in [3.8, 4) is 22.9 Å². The molecule has 0 saturated carbocycles. The molecule has 0 aliphatic carbocycles. The van der Waals surface area contributed by atoms with Gasteiger partial charge >= 0.3 is 5.97 Å². The van der Waals surface area contributed by atoms with Gasteiger partial charge in [0, 0.05) is 34.7 Å². The Morgan fingerprint density at radius 3 is 2.82 bits per heavy atom. The van der Waals surface area contributed by atoms with E-state index in [0.29, 0.717) is 41.3 Å². The highest BCUT2D eigenvalue weighted by Crippen LogP contribution is 2.33. The maximum Gasteiger partial charge on any atom is 0.352 e. The van der Waals surface area contributed by atoms with Crippen LogP contribution in [0.4, 0.5) is 0 Å². The molecular formula is C20H17ClN2O5. The van der Waals surface area contributed by atoms with Crippen LogP contribution in [0.3, 0.4) is 0 Å². The highest BCUT2D eigenvalue weighted by Gasteiger charge is 2.21. The number of nitriles is 1. The predicted molar refractivity (Wildman–Crippen MR) is 103 cm³/mol. The van der Waals surface area contributed by atoms with Crippen molar-refractivity contribution in [3.63, 3.8) is 0 Å². The third-order valence-electron chi connectivity index (χ3n) is 4.47. The third kappa shape index (κ3) is 3.93. The van der Waals surface area contributed by atoms with Crippen LogP contribution in [0.25, 0.3) is 16.8 Å². The smallest absolute Gasteiger partial charge is 0.352 e. The van der Waals surface area contributed by atoms with E-state index in [0.717, 1.165) is 4.57 Å². The lowest BCUT2D eigenvalue weighted by Gasteiger charge is -2.15. The van der Waals surface area contributed by atoms with E-state index in [4.69, 9.17) is 21.1 Å². The van der Waals surface area contributed by atoms with E-state index < -0.39 is 11.5 Å². The molecule has 0 bridgehead atoms. The molecule has 0 radical (unpaired) electrons. The standard InChI is InChI=1S/C20H17ClN2O5/c1-27-18-10-23(17(20(25)26)6-12-4-5-28-11-12)19(24)8-16(18)15-7-14(21)3-2-13(15)9-22/h2-3,6-8,10,12H,4-5,11H2,1H3,(H,25,26)/b17-6+. The number of ether oxygens (including phenoxy) is 2. The van der Waals surface area contributed by atoms with Gasteiger partial charge in [0.25, 0.3) is 5.56 Å². The van der Waals surface area contributed by atoms with Crippen molar-refractivity contribution >= 4 is 23.3 Å². The average molecular weight is 401 g/mol. The van der Waals surface area contributed by atoms with Crippen LogP contribution in [0.1, 0.15) is 12.0 Å². The van der Waals surface area contributed by atoms with E-state index in [1.165, 1.54) is 25.4 Å². The summed E-state index contributed by atoms with van der Waals surface area (Å²) in [7, 11) is 1.40. The number of nitrogens with zero attached hydrogens (tertiary/aromatic N) is 2. The Kier molecular flexibility index (Phi) is 5.83. The third-order valence-corrected chi connectivity index (χ3v) is 4.70. The molecule has 3 rings (SSSR count). The molecule has 8 heteroatoms. The van der Waals surface area contributed by atoms with Crippen molar-refractivity contribution in [3.05, 3.63) is 57.5 Å². The summed E-state index contributed by atoms with van der Waals surface area (Å²) in [4.78, 5) is 24.5. The van der Waals surface area contributed by atoms with Crippen molar-refractivity contribution < 1.29 is 19.4 Å². The topological polar surface area (TPSA) is 102 Å². The highest BCUT2D eigenvalue weighted by molar-refractivity contribution is 6.31. The molecule has 2 aromatic rings. The van der Waals surface area contributed by atoms with Gasteiger partial charge in [-0.1, -0.05) is 11.6 Å². The Morgan fingerprint density at radius 1 is 1.43 bits per heavy atom. The summed E-state index contributed by atoms with van der Waals surface area (Å²) in [6, 6.07) is 7.98. The van der Waals surface area contributed by atoms with Gasteiger partial charge in [-0.25, -0.2) is 4.79 Å². The molecule has 1 aliphatic rings. The second kappa shape index (κ2) is 8.30. The van der Waals surface area contributed by atoms with Gasteiger partial charge < -0.3 is 14.6 Å². The van der Waals surface area contributed by atoms with Crippen molar-refractivity contribution in [2.24, 2.45) is 5.92 Å². The van der Waals surface area contributed by atoms with Gasteiger partial charge in [-0.3, -0.25) is 9.36 Å². The SMILES string of the molecule is COc1cn(/C(=C/C2CCOC2)C(=O)O)c(=O)cc1-c1cc(Cl)ccc1C#N. The maximum absolute atomic E-state index is 12.7. The van der Waals surface area contributed by atoms with Crippen molar-refractivity contribution in [1.29, 1.82) is 5.26 Å². The number of carbonyl (C=O) groups is 1. The van der Waals surface area contributed by atoms with E-state index in [9.17, 15) is 20.0 Å². The van der Waals surface area contributed by atoms with Crippen LogP contribution in [0.5, 0.6) is 5.75 Å². The van der Waals surface area contributed by atoms with E-state index in [1.807, 2.05) is 0 Å². The molecule has 1 atom stereocenters. The molecule has 28 heavy (non-hydrogen) atoms.